The summed E-state index contributed by atoms with van der Waals surface area (Å²) < 4.78 is 1.71. The van der Waals surface area contributed by atoms with Gasteiger partial charge < -0.3 is 0 Å². The lowest BCUT2D eigenvalue weighted by Gasteiger charge is -2.04. The van der Waals surface area contributed by atoms with Gasteiger partial charge in [0, 0.05) is 11.6 Å². The van der Waals surface area contributed by atoms with Crippen LogP contribution in [-0.4, -0.2) is 10.5 Å². The average Bonchev–Trinajstić information content (AvgIpc) is 2.86. The second-order valence-corrected chi connectivity index (χ2v) is 5.08. The van der Waals surface area contributed by atoms with Gasteiger partial charge >= 0.3 is 0 Å². The minimum absolute atomic E-state index is 0.0315. The third kappa shape index (κ3) is 2.44. The first-order valence-electron chi connectivity index (χ1n) is 6.78. The van der Waals surface area contributed by atoms with E-state index in [4.69, 9.17) is 5.26 Å². The third-order valence-corrected chi connectivity index (χ3v) is 3.62. The van der Waals surface area contributed by atoms with E-state index < -0.39 is 0 Å². The van der Waals surface area contributed by atoms with Gasteiger partial charge in [-0.2, -0.15) is 5.26 Å². The molecule has 1 heterocycles. The van der Waals surface area contributed by atoms with E-state index in [0.29, 0.717) is 12.0 Å². The second kappa shape index (κ2) is 5.26. The van der Waals surface area contributed by atoms with E-state index in [0.717, 1.165) is 22.0 Å². The fourth-order valence-electron chi connectivity index (χ4n) is 2.51. The van der Waals surface area contributed by atoms with Crippen LogP contribution in [0.3, 0.4) is 0 Å². The maximum atomic E-state index is 12.5. The Balaban J connectivity index is 1.92. The van der Waals surface area contributed by atoms with Gasteiger partial charge in [-0.3, -0.25) is 9.36 Å². The fourth-order valence-corrected chi connectivity index (χ4v) is 2.51. The quantitative estimate of drug-likeness (QED) is 0.715. The van der Waals surface area contributed by atoms with Crippen molar-refractivity contribution in [3.8, 4) is 6.07 Å². The summed E-state index contributed by atoms with van der Waals surface area (Å²) in [6, 6.07) is 17.1. The van der Waals surface area contributed by atoms with Crippen LogP contribution >= 0.6 is 0 Å². The highest BCUT2D eigenvalue weighted by Gasteiger charge is 2.11. The Morgan fingerprint density at radius 1 is 1.14 bits per heavy atom. The Labute approximate surface area is 123 Å². The highest BCUT2D eigenvalue weighted by Crippen LogP contribution is 2.20. The number of nitriles is 1. The van der Waals surface area contributed by atoms with Crippen LogP contribution in [0.4, 0.5) is 0 Å². The van der Waals surface area contributed by atoms with E-state index in [1.54, 1.807) is 16.7 Å². The zero-order valence-corrected chi connectivity index (χ0v) is 11.7. The molecule has 0 aliphatic rings. The predicted octanol–water partition coefficient (Wildman–Crippen LogP) is 3.70. The molecule has 0 aliphatic carbocycles. The normalized spacial score (nSPS) is 10.5. The molecule has 0 N–H and O–H groups in total. The van der Waals surface area contributed by atoms with Gasteiger partial charge in [0.05, 0.1) is 23.6 Å². The van der Waals surface area contributed by atoms with Gasteiger partial charge in [0.2, 0.25) is 5.91 Å². The van der Waals surface area contributed by atoms with E-state index in [1.165, 1.54) is 0 Å². The lowest BCUT2D eigenvalue weighted by Crippen LogP contribution is -2.12. The first kappa shape index (κ1) is 13.1. The monoisotopic (exact) mass is 274 g/mol. The molecule has 3 rings (SSSR count). The molecule has 0 saturated carbocycles. The Kier molecular flexibility index (Phi) is 3.29. The van der Waals surface area contributed by atoms with Crippen molar-refractivity contribution in [1.82, 2.24) is 4.57 Å². The van der Waals surface area contributed by atoms with Crippen LogP contribution in [0.1, 0.15) is 21.5 Å². The summed E-state index contributed by atoms with van der Waals surface area (Å²) in [6.45, 7) is 2.01. The summed E-state index contributed by atoms with van der Waals surface area (Å²) in [5.74, 6) is 0.0315. The molecule has 0 fully saturated rings. The van der Waals surface area contributed by atoms with Crippen LogP contribution in [-0.2, 0) is 6.42 Å². The smallest absolute Gasteiger partial charge is 0.235 e. The molecule has 21 heavy (non-hydrogen) atoms. The van der Waals surface area contributed by atoms with Gasteiger partial charge in [0.25, 0.3) is 0 Å². The Bertz CT molecular complexity index is 851. The number of benzene rings is 2. The first-order valence-corrected chi connectivity index (χ1v) is 6.78. The molecule has 0 amide bonds. The lowest BCUT2D eigenvalue weighted by molar-refractivity contribution is 0.0919. The molecular weight excluding hydrogens is 260 g/mol. The molecule has 3 nitrogen and oxygen atoms in total. The van der Waals surface area contributed by atoms with Gasteiger partial charge in [-0.05, 0) is 36.2 Å². The number of fused-ring (bicyclic) bond motifs is 1. The first-order chi connectivity index (χ1) is 10.2. The minimum atomic E-state index is 0.0315. The zero-order chi connectivity index (χ0) is 14.8. The third-order valence-electron chi connectivity index (χ3n) is 3.62. The number of aryl methyl sites for hydroxylation is 1. The van der Waals surface area contributed by atoms with Crippen LogP contribution in [0.5, 0.6) is 0 Å². The molecule has 0 atom stereocenters. The van der Waals surface area contributed by atoms with Gasteiger partial charge in [0.1, 0.15) is 0 Å². The van der Waals surface area contributed by atoms with Crippen molar-refractivity contribution in [2.45, 2.75) is 13.3 Å². The topological polar surface area (TPSA) is 45.8 Å². The van der Waals surface area contributed by atoms with Crippen molar-refractivity contribution >= 4 is 16.8 Å². The molecule has 0 aliphatic heterocycles. The van der Waals surface area contributed by atoms with E-state index in [9.17, 15) is 4.79 Å². The molecule has 3 heteroatoms. The van der Waals surface area contributed by atoms with Crippen molar-refractivity contribution in [2.24, 2.45) is 0 Å². The van der Waals surface area contributed by atoms with E-state index in [-0.39, 0.29) is 5.91 Å². The SMILES string of the molecule is Cc1cn(C(=O)Cc2ccc(C#N)cc2)c2ccccc12. The van der Waals surface area contributed by atoms with E-state index in [1.807, 2.05) is 49.5 Å². The molecule has 0 radical (unpaired) electrons. The number of para-hydroxylation sites is 1. The molecule has 0 unspecified atom stereocenters. The summed E-state index contributed by atoms with van der Waals surface area (Å²) in [4.78, 5) is 12.5. The summed E-state index contributed by atoms with van der Waals surface area (Å²) >= 11 is 0. The van der Waals surface area contributed by atoms with Crippen molar-refractivity contribution in [3.63, 3.8) is 0 Å². The van der Waals surface area contributed by atoms with Crippen LogP contribution < -0.4 is 0 Å². The Morgan fingerprint density at radius 2 is 1.86 bits per heavy atom. The Morgan fingerprint density at radius 3 is 2.57 bits per heavy atom. The zero-order valence-electron chi connectivity index (χ0n) is 11.7. The summed E-state index contributed by atoms with van der Waals surface area (Å²) in [6.07, 6.45) is 2.21. The minimum Gasteiger partial charge on any atom is -0.287 e. The number of hydrogen-bond acceptors (Lipinski definition) is 2. The predicted molar refractivity (Wildman–Crippen MR) is 82.2 cm³/mol. The summed E-state index contributed by atoms with van der Waals surface area (Å²) in [7, 11) is 0. The van der Waals surface area contributed by atoms with E-state index in [2.05, 4.69) is 6.07 Å². The number of hydrogen-bond donors (Lipinski definition) is 0. The maximum Gasteiger partial charge on any atom is 0.235 e. The molecule has 3 aromatic rings. The highest BCUT2D eigenvalue weighted by atomic mass is 16.2. The number of carbonyl (C=O) groups is 1. The standard InChI is InChI=1S/C18H14N2O/c1-13-12-20(17-5-3-2-4-16(13)17)18(21)10-14-6-8-15(11-19)9-7-14/h2-9,12H,10H2,1H3. The van der Waals surface area contributed by atoms with Crippen LogP contribution in [0.15, 0.2) is 54.7 Å². The molecule has 2 aromatic carbocycles. The van der Waals surface area contributed by atoms with Gasteiger partial charge in [-0.1, -0.05) is 30.3 Å². The Hall–Kier alpha value is -2.86. The maximum absolute atomic E-state index is 12.5. The fraction of sp³-hybridized carbons (Fsp3) is 0.111. The highest BCUT2D eigenvalue weighted by molar-refractivity contribution is 5.95. The molecule has 102 valence electrons. The lowest BCUT2D eigenvalue weighted by atomic mass is 10.1. The molecular formula is C18H14N2O. The van der Waals surface area contributed by atoms with Crippen molar-refractivity contribution in [2.75, 3.05) is 0 Å². The summed E-state index contributed by atoms with van der Waals surface area (Å²) in [5, 5.41) is 9.89. The number of carbonyl (C=O) groups excluding carboxylic acids is 1. The van der Waals surface area contributed by atoms with Crippen molar-refractivity contribution in [3.05, 3.63) is 71.4 Å². The number of nitrogens with zero attached hydrogens (tertiary/aromatic N) is 2. The van der Waals surface area contributed by atoms with Crippen molar-refractivity contribution < 1.29 is 4.79 Å². The molecule has 0 spiro atoms. The van der Waals surface area contributed by atoms with Crippen LogP contribution in [0.2, 0.25) is 0 Å². The summed E-state index contributed by atoms with van der Waals surface area (Å²) in [5.41, 5.74) is 3.55. The van der Waals surface area contributed by atoms with E-state index >= 15 is 0 Å². The largest absolute Gasteiger partial charge is 0.287 e. The van der Waals surface area contributed by atoms with Crippen LogP contribution in [0, 0.1) is 18.3 Å². The van der Waals surface area contributed by atoms with Gasteiger partial charge in [-0.25, -0.2) is 0 Å². The van der Waals surface area contributed by atoms with Gasteiger partial charge in [0.15, 0.2) is 0 Å². The molecule has 0 bridgehead atoms. The van der Waals surface area contributed by atoms with Gasteiger partial charge in [-0.15, -0.1) is 0 Å². The second-order valence-electron chi connectivity index (χ2n) is 5.08. The van der Waals surface area contributed by atoms with Crippen molar-refractivity contribution in [1.29, 1.82) is 5.26 Å². The van der Waals surface area contributed by atoms with Crippen LogP contribution in [0.25, 0.3) is 10.9 Å². The molecule has 1 aromatic heterocycles. The molecule has 0 saturated heterocycles. The number of aromatic nitrogens is 1. The number of rotatable bonds is 2. The average molecular weight is 274 g/mol.